The minimum atomic E-state index is -0.0404. The van der Waals surface area contributed by atoms with E-state index in [1.165, 1.54) is 63.4 Å². The minimum Gasteiger partial charge on any atom is -0.393 e. The monoisotopic (exact) mass is 398 g/mol. The van der Waals surface area contributed by atoms with Crippen LogP contribution in [0.1, 0.15) is 105 Å². The van der Waals surface area contributed by atoms with Gasteiger partial charge in [0.2, 0.25) is 0 Å². The Labute approximate surface area is 180 Å². The highest BCUT2D eigenvalue weighted by Crippen LogP contribution is 2.66. The molecular weight excluding hydrogens is 352 g/mol. The van der Waals surface area contributed by atoms with E-state index in [1.54, 1.807) is 0 Å². The zero-order chi connectivity index (χ0) is 21.0. The molecule has 1 heteroatoms. The van der Waals surface area contributed by atoms with Crippen LogP contribution in [0, 0.1) is 40.4 Å². The quantitative estimate of drug-likeness (QED) is 0.470. The van der Waals surface area contributed by atoms with Crippen LogP contribution in [0.3, 0.4) is 0 Å². The summed E-state index contributed by atoms with van der Waals surface area (Å²) in [6, 6.07) is 0. The van der Waals surface area contributed by atoms with Crippen molar-refractivity contribution in [3.8, 4) is 0 Å². The molecule has 0 bridgehead atoms. The molecule has 0 spiro atoms. The second-order valence-corrected chi connectivity index (χ2v) is 12.2. The Morgan fingerprint density at radius 1 is 1.07 bits per heavy atom. The first-order chi connectivity index (χ1) is 13.7. The second kappa shape index (κ2) is 7.85. The van der Waals surface area contributed by atoms with Crippen molar-refractivity contribution in [2.24, 2.45) is 40.4 Å². The molecule has 0 heterocycles. The fraction of sp³-hybridized carbons (Fsp3) is 0.857. The van der Waals surface area contributed by atoms with E-state index in [0.717, 1.165) is 36.5 Å². The van der Waals surface area contributed by atoms with E-state index < -0.39 is 0 Å². The molecule has 164 valence electrons. The molecule has 4 aliphatic rings. The Kier molecular flexibility index (Phi) is 5.86. The Balaban J connectivity index is 1.53. The fourth-order valence-electron chi connectivity index (χ4n) is 8.32. The Morgan fingerprint density at radius 2 is 1.83 bits per heavy atom. The van der Waals surface area contributed by atoms with Crippen LogP contribution >= 0.6 is 0 Å². The summed E-state index contributed by atoms with van der Waals surface area (Å²) >= 11 is 0. The maximum Gasteiger partial charge on any atom is 0.0543 e. The summed E-state index contributed by atoms with van der Waals surface area (Å²) in [4.78, 5) is 0. The molecule has 5 unspecified atom stereocenters. The van der Waals surface area contributed by atoms with Crippen LogP contribution in [-0.4, -0.2) is 11.2 Å². The number of aliphatic hydroxyl groups excluding tert-OH is 1. The summed E-state index contributed by atoms with van der Waals surface area (Å²) in [6.45, 7) is 16.7. The van der Waals surface area contributed by atoms with Gasteiger partial charge in [-0.3, -0.25) is 0 Å². The van der Waals surface area contributed by atoms with Crippen molar-refractivity contribution < 1.29 is 5.11 Å². The van der Waals surface area contributed by atoms with Crippen molar-refractivity contribution in [2.75, 3.05) is 0 Å². The standard InChI is InChI=1S/C28H46O/c1-18(2)19(3)7-8-20(4)24-11-12-25-23-10-9-21-17-22(29)13-15-27(21,5)26(23)14-16-28(24,25)6/h18,20-22,24-25,29H,3,7-17H2,1-2,4-6H3/t20?,21-,22-,24?,25?,27?,28?/m0/s1. The maximum atomic E-state index is 10.2. The highest BCUT2D eigenvalue weighted by Gasteiger charge is 2.55. The van der Waals surface area contributed by atoms with Gasteiger partial charge >= 0.3 is 0 Å². The van der Waals surface area contributed by atoms with Gasteiger partial charge in [-0.25, -0.2) is 0 Å². The van der Waals surface area contributed by atoms with E-state index in [9.17, 15) is 5.11 Å². The lowest BCUT2D eigenvalue weighted by atomic mass is 9.50. The third-order valence-corrected chi connectivity index (χ3v) is 10.5. The minimum absolute atomic E-state index is 0.0404. The van der Waals surface area contributed by atoms with Crippen LogP contribution in [0.15, 0.2) is 23.3 Å². The number of allylic oxidation sites excluding steroid dienone is 3. The molecule has 2 saturated carbocycles. The van der Waals surface area contributed by atoms with Gasteiger partial charge in [0, 0.05) is 0 Å². The van der Waals surface area contributed by atoms with Gasteiger partial charge in [0.25, 0.3) is 0 Å². The van der Waals surface area contributed by atoms with Gasteiger partial charge in [-0.05, 0) is 111 Å². The van der Waals surface area contributed by atoms with Crippen molar-refractivity contribution in [2.45, 2.75) is 111 Å². The smallest absolute Gasteiger partial charge is 0.0543 e. The summed E-state index contributed by atoms with van der Waals surface area (Å²) in [7, 11) is 0. The number of rotatable bonds is 5. The predicted octanol–water partition coefficient (Wildman–Crippen LogP) is 7.70. The lowest BCUT2D eigenvalue weighted by Crippen LogP contribution is -2.45. The topological polar surface area (TPSA) is 20.2 Å². The molecule has 1 nitrogen and oxygen atoms in total. The summed E-state index contributed by atoms with van der Waals surface area (Å²) in [5.41, 5.74) is 6.12. The van der Waals surface area contributed by atoms with Gasteiger partial charge in [0.05, 0.1) is 6.10 Å². The van der Waals surface area contributed by atoms with E-state index >= 15 is 0 Å². The Bertz CT molecular complexity index is 672. The normalized spacial score (nSPS) is 43.0. The molecule has 0 radical (unpaired) electrons. The van der Waals surface area contributed by atoms with Gasteiger partial charge in [0.1, 0.15) is 0 Å². The zero-order valence-electron chi connectivity index (χ0n) is 19.9. The first-order valence-electron chi connectivity index (χ1n) is 12.7. The van der Waals surface area contributed by atoms with Crippen molar-refractivity contribution in [3.63, 3.8) is 0 Å². The Morgan fingerprint density at radius 3 is 2.55 bits per heavy atom. The van der Waals surface area contributed by atoms with Crippen LogP contribution < -0.4 is 0 Å². The number of aliphatic hydroxyl groups is 1. The molecule has 1 N–H and O–H groups in total. The molecule has 0 aromatic heterocycles. The van der Waals surface area contributed by atoms with Gasteiger partial charge in [-0.2, -0.15) is 0 Å². The van der Waals surface area contributed by atoms with E-state index in [-0.39, 0.29) is 6.10 Å². The lowest BCUT2D eigenvalue weighted by Gasteiger charge is -2.55. The first kappa shape index (κ1) is 21.7. The van der Waals surface area contributed by atoms with E-state index in [0.29, 0.717) is 16.7 Å². The Hall–Kier alpha value is -0.560. The molecular formula is C28H46O. The maximum absolute atomic E-state index is 10.2. The van der Waals surface area contributed by atoms with Gasteiger partial charge in [-0.1, -0.05) is 57.9 Å². The average molecular weight is 399 g/mol. The number of fused-ring (bicyclic) bond motifs is 4. The predicted molar refractivity (Wildman–Crippen MR) is 124 cm³/mol. The third kappa shape index (κ3) is 3.58. The van der Waals surface area contributed by atoms with Crippen molar-refractivity contribution in [1.82, 2.24) is 0 Å². The molecule has 0 saturated heterocycles. The van der Waals surface area contributed by atoms with Crippen LogP contribution in [0.2, 0.25) is 0 Å². The molecule has 7 atom stereocenters. The van der Waals surface area contributed by atoms with Crippen LogP contribution in [0.5, 0.6) is 0 Å². The number of hydrogen-bond acceptors (Lipinski definition) is 1. The fourth-order valence-corrected chi connectivity index (χ4v) is 8.32. The van der Waals surface area contributed by atoms with Gasteiger partial charge < -0.3 is 5.11 Å². The molecule has 0 amide bonds. The highest BCUT2D eigenvalue weighted by molar-refractivity contribution is 5.34. The van der Waals surface area contributed by atoms with Crippen LogP contribution in [0.4, 0.5) is 0 Å². The third-order valence-electron chi connectivity index (χ3n) is 10.5. The number of hydrogen-bond donors (Lipinski definition) is 1. The van der Waals surface area contributed by atoms with Crippen LogP contribution in [-0.2, 0) is 0 Å². The zero-order valence-corrected chi connectivity index (χ0v) is 19.9. The highest BCUT2D eigenvalue weighted by atomic mass is 16.3. The largest absolute Gasteiger partial charge is 0.393 e. The van der Waals surface area contributed by atoms with E-state index in [4.69, 9.17) is 0 Å². The lowest BCUT2D eigenvalue weighted by molar-refractivity contribution is 0.0133. The van der Waals surface area contributed by atoms with Crippen molar-refractivity contribution in [1.29, 1.82) is 0 Å². The van der Waals surface area contributed by atoms with Gasteiger partial charge in [0.15, 0.2) is 0 Å². The summed E-state index contributed by atoms with van der Waals surface area (Å²) < 4.78 is 0. The molecule has 0 aliphatic heterocycles. The molecule has 0 aromatic carbocycles. The van der Waals surface area contributed by atoms with Crippen LogP contribution in [0.25, 0.3) is 0 Å². The molecule has 0 aromatic rings. The summed E-state index contributed by atoms with van der Waals surface area (Å²) in [6.07, 6.45) is 14.1. The molecule has 2 fully saturated rings. The molecule has 29 heavy (non-hydrogen) atoms. The summed E-state index contributed by atoms with van der Waals surface area (Å²) in [5.74, 6) is 3.91. The first-order valence-corrected chi connectivity index (χ1v) is 12.7. The molecule has 4 rings (SSSR count). The van der Waals surface area contributed by atoms with E-state index in [1.807, 2.05) is 11.1 Å². The molecule has 4 aliphatic carbocycles. The SMILES string of the molecule is C=C(CCC(C)C1CCC2C3=C(CCC21C)C1(C)CC[C@H](O)C[C@@H]1CC3)C(C)C. The van der Waals surface area contributed by atoms with Gasteiger partial charge in [-0.15, -0.1) is 0 Å². The van der Waals surface area contributed by atoms with E-state index in [2.05, 4.69) is 41.2 Å². The summed E-state index contributed by atoms with van der Waals surface area (Å²) in [5, 5.41) is 10.2. The average Bonchev–Trinajstić information content (AvgIpc) is 3.03. The van der Waals surface area contributed by atoms with Crippen molar-refractivity contribution in [3.05, 3.63) is 23.3 Å². The van der Waals surface area contributed by atoms with Crippen molar-refractivity contribution >= 4 is 0 Å². The second-order valence-electron chi connectivity index (χ2n) is 12.2.